The normalized spacial score (nSPS) is 20.8. The molecule has 1 aliphatic carbocycles. The summed E-state index contributed by atoms with van der Waals surface area (Å²) in [6, 6.07) is 5.35. The Bertz CT molecular complexity index is 367. The van der Waals surface area contributed by atoms with Crippen LogP contribution >= 0.6 is 0 Å². The Balaban J connectivity index is 2.01. The molecule has 0 saturated heterocycles. The van der Waals surface area contributed by atoms with E-state index in [-0.39, 0.29) is 18.3 Å². The Morgan fingerprint density at radius 1 is 1.56 bits per heavy atom. The van der Waals surface area contributed by atoms with E-state index in [1.165, 1.54) is 11.6 Å². The predicted octanol–water partition coefficient (Wildman–Crippen LogP) is 2.03. The lowest BCUT2D eigenvalue weighted by Gasteiger charge is -2.16. The van der Waals surface area contributed by atoms with E-state index < -0.39 is 0 Å². The van der Waals surface area contributed by atoms with Gasteiger partial charge in [0.15, 0.2) is 0 Å². The zero-order valence-corrected chi connectivity index (χ0v) is 9.54. The van der Waals surface area contributed by atoms with E-state index in [1.807, 2.05) is 13.0 Å². The van der Waals surface area contributed by atoms with Gasteiger partial charge in [-0.15, -0.1) is 0 Å². The number of aryl methyl sites for hydroxylation is 1. The molecule has 2 unspecified atom stereocenters. The summed E-state index contributed by atoms with van der Waals surface area (Å²) in [7, 11) is 0. The molecule has 0 spiro atoms. The van der Waals surface area contributed by atoms with Gasteiger partial charge in [-0.05, 0) is 42.0 Å². The number of aliphatic hydroxyl groups is 1. The molecule has 2 nitrogen and oxygen atoms in total. The summed E-state index contributed by atoms with van der Waals surface area (Å²) in [5.74, 6) is 0.118. The van der Waals surface area contributed by atoms with Crippen LogP contribution in [0.2, 0.25) is 0 Å². The zero-order chi connectivity index (χ0) is 11.5. The topological polar surface area (TPSA) is 32.3 Å². The highest BCUT2D eigenvalue weighted by Crippen LogP contribution is 2.31. The molecule has 3 heteroatoms. The van der Waals surface area contributed by atoms with Crippen LogP contribution in [-0.4, -0.2) is 18.3 Å². The number of halogens is 1. The number of hydrogen-bond donors (Lipinski definition) is 2. The van der Waals surface area contributed by atoms with E-state index in [0.717, 1.165) is 24.9 Å². The van der Waals surface area contributed by atoms with Crippen molar-refractivity contribution in [1.29, 1.82) is 0 Å². The van der Waals surface area contributed by atoms with Crippen molar-refractivity contribution in [3.63, 3.8) is 0 Å². The van der Waals surface area contributed by atoms with Gasteiger partial charge in [0.2, 0.25) is 0 Å². The number of fused-ring (bicyclic) bond motifs is 1. The van der Waals surface area contributed by atoms with Crippen LogP contribution in [0.5, 0.6) is 0 Å². The van der Waals surface area contributed by atoms with Crippen molar-refractivity contribution in [3.8, 4) is 0 Å². The van der Waals surface area contributed by atoms with Crippen molar-refractivity contribution in [2.75, 3.05) is 13.2 Å². The lowest BCUT2D eigenvalue weighted by atomic mass is 10.1. The number of benzene rings is 1. The zero-order valence-electron chi connectivity index (χ0n) is 9.54. The minimum atomic E-state index is -0.150. The first kappa shape index (κ1) is 11.6. The number of hydrogen-bond acceptors (Lipinski definition) is 2. The lowest BCUT2D eigenvalue weighted by Crippen LogP contribution is -2.26. The number of rotatable bonds is 4. The summed E-state index contributed by atoms with van der Waals surface area (Å²) in [5, 5.41) is 12.4. The van der Waals surface area contributed by atoms with Gasteiger partial charge in [0.25, 0.3) is 0 Å². The highest BCUT2D eigenvalue weighted by Gasteiger charge is 2.22. The van der Waals surface area contributed by atoms with Crippen LogP contribution in [0.15, 0.2) is 18.2 Å². The third kappa shape index (κ3) is 2.42. The van der Waals surface area contributed by atoms with Gasteiger partial charge in [-0.3, -0.25) is 0 Å². The van der Waals surface area contributed by atoms with Crippen molar-refractivity contribution in [1.82, 2.24) is 5.32 Å². The summed E-state index contributed by atoms with van der Waals surface area (Å²) in [6.45, 7) is 3.02. The monoisotopic (exact) mass is 223 g/mol. The van der Waals surface area contributed by atoms with Crippen molar-refractivity contribution < 1.29 is 9.50 Å². The van der Waals surface area contributed by atoms with Crippen LogP contribution in [-0.2, 0) is 6.42 Å². The van der Waals surface area contributed by atoms with Gasteiger partial charge in [-0.25, -0.2) is 4.39 Å². The Kier molecular flexibility index (Phi) is 3.56. The summed E-state index contributed by atoms with van der Waals surface area (Å²) in [4.78, 5) is 0. The first-order valence-corrected chi connectivity index (χ1v) is 5.83. The quantitative estimate of drug-likeness (QED) is 0.818. The first-order valence-electron chi connectivity index (χ1n) is 5.83. The van der Waals surface area contributed by atoms with Gasteiger partial charge >= 0.3 is 0 Å². The largest absolute Gasteiger partial charge is 0.396 e. The summed E-state index contributed by atoms with van der Waals surface area (Å²) in [6.07, 6.45) is 1.97. The van der Waals surface area contributed by atoms with E-state index in [4.69, 9.17) is 5.11 Å². The Labute approximate surface area is 95.5 Å². The van der Waals surface area contributed by atoms with Crippen LogP contribution < -0.4 is 5.32 Å². The molecule has 0 bridgehead atoms. The fraction of sp³-hybridized carbons (Fsp3) is 0.538. The van der Waals surface area contributed by atoms with Crippen molar-refractivity contribution >= 4 is 0 Å². The number of nitrogens with one attached hydrogen (secondary N) is 1. The molecular weight excluding hydrogens is 205 g/mol. The molecule has 1 aliphatic rings. The second-order valence-electron chi connectivity index (χ2n) is 4.63. The molecule has 1 aromatic rings. The second-order valence-corrected chi connectivity index (χ2v) is 4.63. The van der Waals surface area contributed by atoms with Crippen molar-refractivity contribution in [2.24, 2.45) is 5.92 Å². The molecule has 0 radical (unpaired) electrons. The molecule has 2 rings (SSSR count). The van der Waals surface area contributed by atoms with Crippen LogP contribution in [0.25, 0.3) is 0 Å². The van der Waals surface area contributed by atoms with E-state index in [9.17, 15) is 4.39 Å². The van der Waals surface area contributed by atoms with Crippen LogP contribution in [0.1, 0.15) is 30.5 Å². The third-order valence-corrected chi connectivity index (χ3v) is 3.21. The smallest absolute Gasteiger partial charge is 0.123 e. The second kappa shape index (κ2) is 4.93. The van der Waals surface area contributed by atoms with E-state index in [2.05, 4.69) is 5.32 Å². The molecule has 0 heterocycles. The van der Waals surface area contributed by atoms with Gasteiger partial charge in [-0.1, -0.05) is 13.0 Å². The fourth-order valence-electron chi connectivity index (χ4n) is 2.21. The Morgan fingerprint density at radius 3 is 3.12 bits per heavy atom. The average molecular weight is 223 g/mol. The van der Waals surface area contributed by atoms with E-state index >= 15 is 0 Å². The molecule has 88 valence electrons. The van der Waals surface area contributed by atoms with Crippen LogP contribution in [0.3, 0.4) is 0 Å². The molecule has 2 N–H and O–H groups in total. The minimum absolute atomic E-state index is 0.150. The maximum absolute atomic E-state index is 13.0. The fourth-order valence-corrected chi connectivity index (χ4v) is 2.21. The molecule has 16 heavy (non-hydrogen) atoms. The molecule has 0 fully saturated rings. The molecule has 0 amide bonds. The molecule has 0 aromatic heterocycles. The molecule has 1 aromatic carbocycles. The first-order chi connectivity index (χ1) is 7.70. The molecule has 0 aliphatic heterocycles. The summed E-state index contributed by atoms with van der Waals surface area (Å²) >= 11 is 0. The predicted molar refractivity (Wildman–Crippen MR) is 61.7 cm³/mol. The Morgan fingerprint density at radius 2 is 2.38 bits per heavy atom. The van der Waals surface area contributed by atoms with Gasteiger partial charge in [-0.2, -0.15) is 0 Å². The lowest BCUT2D eigenvalue weighted by molar-refractivity contribution is 0.230. The molecular formula is C13H18FNO. The average Bonchev–Trinajstić information content (AvgIpc) is 2.68. The van der Waals surface area contributed by atoms with E-state index in [0.29, 0.717) is 6.04 Å². The van der Waals surface area contributed by atoms with Crippen LogP contribution in [0.4, 0.5) is 4.39 Å². The van der Waals surface area contributed by atoms with Crippen molar-refractivity contribution in [2.45, 2.75) is 25.8 Å². The minimum Gasteiger partial charge on any atom is -0.396 e. The highest BCUT2D eigenvalue weighted by molar-refractivity contribution is 5.34. The van der Waals surface area contributed by atoms with Crippen molar-refractivity contribution in [3.05, 3.63) is 35.1 Å². The maximum Gasteiger partial charge on any atom is 0.123 e. The van der Waals surface area contributed by atoms with E-state index in [1.54, 1.807) is 6.07 Å². The van der Waals surface area contributed by atoms with Gasteiger partial charge < -0.3 is 10.4 Å². The van der Waals surface area contributed by atoms with Crippen LogP contribution in [0, 0.1) is 11.7 Å². The van der Waals surface area contributed by atoms with Gasteiger partial charge in [0, 0.05) is 19.2 Å². The van der Waals surface area contributed by atoms with Gasteiger partial charge in [0.05, 0.1) is 0 Å². The molecule has 2 atom stereocenters. The SMILES string of the molecule is CC(CO)CNC1CCc2cc(F)ccc21. The maximum atomic E-state index is 13.0. The highest BCUT2D eigenvalue weighted by atomic mass is 19.1. The standard InChI is InChI=1S/C13H18FNO/c1-9(8-16)7-15-13-5-2-10-6-11(14)3-4-12(10)13/h3-4,6,9,13,15-16H,2,5,7-8H2,1H3. The third-order valence-electron chi connectivity index (χ3n) is 3.21. The molecule has 0 saturated carbocycles. The summed E-state index contributed by atoms with van der Waals surface area (Å²) in [5.41, 5.74) is 2.33. The van der Waals surface area contributed by atoms with Gasteiger partial charge in [0.1, 0.15) is 5.82 Å². The number of aliphatic hydroxyl groups excluding tert-OH is 1. The summed E-state index contributed by atoms with van der Waals surface area (Å²) < 4.78 is 13.0. The Hall–Kier alpha value is -0.930.